The molecule has 7 heteroatoms. The van der Waals surface area contributed by atoms with Crippen LogP contribution in [0.15, 0.2) is 39.8 Å². The van der Waals surface area contributed by atoms with Gasteiger partial charge in [-0.1, -0.05) is 43.3 Å². The van der Waals surface area contributed by atoms with Gasteiger partial charge in [-0.25, -0.2) is 4.99 Å². The second-order valence-electron chi connectivity index (χ2n) is 7.63. The van der Waals surface area contributed by atoms with Crippen molar-refractivity contribution in [3.8, 4) is 0 Å². The summed E-state index contributed by atoms with van der Waals surface area (Å²) in [5, 5.41) is 10.7. The highest BCUT2D eigenvalue weighted by Gasteiger charge is 2.11. The minimum atomic E-state index is 0.362. The molecule has 0 atom stereocenters. The van der Waals surface area contributed by atoms with Gasteiger partial charge in [0.15, 0.2) is 11.7 Å². The Morgan fingerprint density at radius 2 is 1.86 bits per heavy atom. The number of nitrogens with one attached hydrogen (secondary N) is 2. The van der Waals surface area contributed by atoms with E-state index in [0.717, 1.165) is 56.8 Å². The maximum atomic E-state index is 5.41. The Hall–Kier alpha value is -2.38. The van der Waals surface area contributed by atoms with E-state index >= 15 is 0 Å². The highest BCUT2D eigenvalue weighted by Crippen LogP contribution is 2.14. The van der Waals surface area contributed by atoms with Crippen LogP contribution >= 0.6 is 0 Å². The summed E-state index contributed by atoms with van der Waals surface area (Å²) in [6.07, 6.45) is 0. The molecule has 0 radical (unpaired) electrons. The van der Waals surface area contributed by atoms with E-state index in [2.05, 4.69) is 65.7 Å². The molecule has 1 fully saturated rings. The lowest BCUT2D eigenvalue weighted by atomic mass is 10.1. The molecule has 1 aromatic carbocycles. The Morgan fingerprint density at radius 1 is 1.14 bits per heavy atom. The highest BCUT2D eigenvalue weighted by molar-refractivity contribution is 5.79. The molecule has 29 heavy (non-hydrogen) atoms. The first-order valence-electron chi connectivity index (χ1n) is 10.5. The minimum Gasteiger partial charge on any atom is -0.379 e. The second-order valence-corrected chi connectivity index (χ2v) is 7.63. The summed E-state index contributed by atoms with van der Waals surface area (Å²) >= 11 is 0. The third kappa shape index (κ3) is 6.87. The molecule has 0 unspecified atom stereocenters. The molecule has 2 aromatic rings. The molecular weight excluding hydrogens is 366 g/mol. The fraction of sp³-hybridized carbons (Fsp3) is 0.545. The number of hydrogen-bond acceptors (Lipinski definition) is 5. The summed E-state index contributed by atoms with van der Waals surface area (Å²) in [5.74, 6) is 1.94. The van der Waals surface area contributed by atoms with E-state index in [-0.39, 0.29) is 0 Å². The highest BCUT2D eigenvalue weighted by atomic mass is 16.5. The number of guanidine groups is 1. The number of rotatable bonds is 8. The average molecular weight is 400 g/mol. The van der Waals surface area contributed by atoms with Crippen LogP contribution in [0.2, 0.25) is 0 Å². The van der Waals surface area contributed by atoms with Crippen molar-refractivity contribution in [2.45, 2.75) is 46.3 Å². The number of nitrogens with zero attached hydrogens (tertiary/aromatic N) is 3. The van der Waals surface area contributed by atoms with Crippen LogP contribution in [0, 0.1) is 0 Å². The number of morpholine rings is 1. The van der Waals surface area contributed by atoms with E-state index in [9.17, 15) is 0 Å². The first kappa shape index (κ1) is 21.3. The maximum absolute atomic E-state index is 5.41. The van der Waals surface area contributed by atoms with Gasteiger partial charge in [0.1, 0.15) is 0 Å². The van der Waals surface area contributed by atoms with E-state index < -0.39 is 0 Å². The number of aliphatic imine (C=N–C) groups is 1. The normalized spacial score (nSPS) is 15.7. The summed E-state index contributed by atoms with van der Waals surface area (Å²) in [7, 11) is 0. The number of aromatic nitrogens is 1. The minimum absolute atomic E-state index is 0.362. The zero-order valence-electron chi connectivity index (χ0n) is 17.8. The average Bonchev–Trinajstić information content (AvgIpc) is 3.21. The third-order valence-corrected chi connectivity index (χ3v) is 4.90. The maximum Gasteiger partial charge on any atom is 0.191 e. The van der Waals surface area contributed by atoms with Crippen molar-refractivity contribution >= 4 is 5.96 Å². The van der Waals surface area contributed by atoms with E-state index in [1.807, 2.05) is 6.07 Å². The zero-order valence-corrected chi connectivity index (χ0v) is 17.8. The SMILES string of the molecule is CCNC(=NCc1ccc(CN2CCOCC2)cc1)NCc1cc(C(C)C)no1. The van der Waals surface area contributed by atoms with Crippen LogP contribution in [0.1, 0.15) is 49.3 Å². The van der Waals surface area contributed by atoms with Crippen molar-refractivity contribution < 1.29 is 9.26 Å². The molecule has 0 saturated carbocycles. The van der Waals surface area contributed by atoms with Crippen LogP contribution in [0.4, 0.5) is 0 Å². The molecule has 7 nitrogen and oxygen atoms in total. The van der Waals surface area contributed by atoms with Crippen molar-refractivity contribution in [1.29, 1.82) is 0 Å². The van der Waals surface area contributed by atoms with Gasteiger partial charge in [-0.2, -0.15) is 0 Å². The Balaban J connectivity index is 1.51. The Labute approximate surface area is 173 Å². The van der Waals surface area contributed by atoms with Crippen molar-refractivity contribution in [3.63, 3.8) is 0 Å². The summed E-state index contributed by atoms with van der Waals surface area (Å²) in [5.41, 5.74) is 3.49. The summed E-state index contributed by atoms with van der Waals surface area (Å²) in [4.78, 5) is 7.12. The molecule has 0 aliphatic carbocycles. The first-order valence-corrected chi connectivity index (χ1v) is 10.5. The Bertz CT molecular complexity index is 764. The summed E-state index contributed by atoms with van der Waals surface area (Å²) in [6, 6.07) is 10.7. The van der Waals surface area contributed by atoms with Gasteiger partial charge < -0.3 is 19.9 Å². The van der Waals surface area contributed by atoms with Crippen LogP contribution < -0.4 is 10.6 Å². The molecule has 158 valence electrons. The predicted molar refractivity (Wildman–Crippen MR) is 115 cm³/mol. The number of ether oxygens (including phenoxy) is 1. The quantitative estimate of drug-likeness (QED) is 0.525. The third-order valence-electron chi connectivity index (χ3n) is 4.90. The van der Waals surface area contributed by atoms with Crippen LogP contribution in [-0.2, 0) is 24.4 Å². The van der Waals surface area contributed by atoms with Crippen LogP contribution in [0.3, 0.4) is 0 Å². The molecule has 3 rings (SSSR count). The van der Waals surface area contributed by atoms with Crippen LogP contribution in [-0.4, -0.2) is 48.9 Å². The molecule has 0 bridgehead atoms. The van der Waals surface area contributed by atoms with Gasteiger partial charge in [0.2, 0.25) is 0 Å². The first-order chi connectivity index (χ1) is 14.1. The van der Waals surface area contributed by atoms with Gasteiger partial charge in [-0.3, -0.25) is 4.90 Å². The standard InChI is InChI=1S/C22H33N5O2/c1-4-23-22(25-15-20-13-21(17(2)3)26-29-20)24-14-18-5-7-19(8-6-18)16-27-9-11-28-12-10-27/h5-8,13,17H,4,9-12,14-16H2,1-3H3,(H2,23,24,25). The molecule has 2 heterocycles. The fourth-order valence-corrected chi connectivity index (χ4v) is 3.13. The molecule has 0 amide bonds. The van der Waals surface area contributed by atoms with Gasteiger partial charge in [-0.05, 0) is 24.0 Å². The Morgan fingerprint density at radius 3 is 2.52 bits per heavy atom. The van der Waals surface area contributed by atoms with E-state index in [0.29, 0.717) is 19.0 Å². The largest absolute Gasteiger partial charge is 0.379 e. The smallest absolute Gasteiger partial charge is 0.191 e. The van der Waals surface area contributed by atoms with Crippen molar-refractivity contribution in [1.82, 2.24) is 20.7 Å². The molecule has 2 N–H and O–H groups in total. The van der Waals surface area contributed by atoms with Gasteiger partial charge in [-0.15, -0.1) is 0 Å². The number of hydrogen-bond donors (Lipinski definition) is 2. The Kier molecular flexibility index (Phi) is 8.07. The second kappa shape index (κ2) is 11.0. The lowest BCUT2D eigenvalue weighted by molar-refractivity contribution is 0.0342. The molecule has 1 aliphatic heterocycles. The molecule has 1 saturated heterocycles. The summed E-state index contributed by atoms with van der Waals surface area (Å²) in [6.45, 7) is 12.9. The molecular formula is C22H33N5O2. The van der Waals surface area contributed by atoms with Gasteiger partial charge in [0.05, 0.1) is 32.0 Å². The van der Waals surface area contributed by atoms with E-state index in [1.165, 1.54) is 11.1 Å². The van der Waals surface area contributed by atoms with Crippen molar-refractivity contribution in [2.75, 3.05) is 32.8 Å². The summed E-state index contributed by atoms with van der Waals surface area (Å²) < 4.78 is 10.8. The fourth-order valence-electron chi connectivity index (χ4n) is 3.13. The van der Waals surface area contributed by atoms with Gasteiger partial charge in [0, 0.05) is 32.2 Å². The van der Waals surface area contributed by atoms with Gasteiger partial charge >= 0.3 is 0 Å². The zero-order chi connectivity index (χ0) is 20.5. The van der Waals surface area contributed by atoms with E-state index in [4.69, 9.17) is 14.3 Å². The predicted octanol–water partition coefficient (Wildman–Crippen LogP) is 2.89. The van der Waals surface area contributed by atoms with Crippen LogP contribution in [0.25, 0.3) is 0 Å². The lowest BCUT2D eigenvalue weighted by Gasteiger charge is -2.26. The van der Waals surface area contributed by atoms with Crippen LogP contribution in [0.5, 0.6) is 0 Å². The topological polar surface area (TPSA) is 74.9 Å². The van der Waals surface area contributed by atoms with Crippen molar-refractivity contribution in [2.24, 2.45) is 4.99 Å². The van der Waals surface area contributed by atoms with Crippen molar-refractivity contribution in [3.05, 3.63) is 52.9 Å². The monoisotopic (exact) mass is 399 g/mol. The van der Waals surface area contributed by atoms with Gasteiger partial charge in [0.25, 0.3) is 0 Å². The van der Waals surface area contributed by atoms with E-state index in [1.54, 1.807) is 0 Å². The molecule has 1 aliphatic rings. The molecule has 1 aromatic heterocycles. The lowest BCUT2D eigenvalue weighted by Crippen LogP contribution is -2.36. The molecule has 0 spiro atoms. The number of benzene rings is 1.